The lowest BCUT2D eigenvalue weighted by Gasteiger charge is -2.35. The largest absolute Gasteiger partial charge is 0.323 e. The molecule has 29 heavy (non-hydrogen) atoms. The number of benzene rings is 1. The van der Waals surface area contributed by atoms with E-state index in [1.54, 1.807) is 0 Å². The van der Waals surface area contributed by atoms with Gasteiger partial charge in [-0.05, 0) is 56.0 Å². The van der Waals surface area contributed by atoms with E-state index in [0.29, 0.717) is 6.04 Å². The van der Waals surface area contributed by atoms with E-state index in [4.69, 9.17) is 9.97 Å². The van der Waals surface area contributed by atoms with Gasteiger partial charge in [-0.25, -0.2) is 4.98 Å². The number of imidazole rings is 1. The molecule has 4 nitrogen and oxygen atoms in total. The monoisotopic (exact) mass is 409 g/mol. The van der Waals surface area contributed by atoms with Gasteiger partial charge in [-0.1, -0.05) is 37.6 Å². The molecule has 0 fully saturated rings. The second kappa shape index (κ2) is 10.0. The van der Waals surface area contributed by atoms with Crippen molar-refractivity contribution < 1.29 is 0 Å². The standard InChI is InChI=1S/C24H29N4.ClH/c1-3-5-17-27(22-14-8-10-19-11-9-15-25-24(19)22)18-23-26-20-12-6-7-13-21(20)28(23)16-4-2;/h4,6-7,9,11-13,15,22H,1-3,5,8,10,14,16-18H2;1H. The van der Waals surface area contributed by atoms with E-state index in [2.05, 4.69) is 59.4 Å². The van der Waals surface area contributed by atoms with Crippen molar-refractivity contribution in [2.24, 2.45) is 0 Å². The quantitative estimate of drug-likeness (QED) is 0.458. The Bertz CT molecular complexity index is 949. The molecule has 153 valence electrons. The number of nitrogens with zero attached hydrogens (tertiary/aromatic N) is 4. The first kappa shape index (κ1) is 21.5. The Morgan fingerprint density at radius 2 is 2.07 bits per heavy atom. The van der Waals surface area contributed by atoms with Crippen LogP contribution >= 0.6 is 12.4 Å². The molecule has 0 saturated carbocycles. The summed E-state index contributed by atoms with van der Waals surface area (Å²) < 4.78 is 2.29. The number of para-hydroxylation sites is 2. The van der Waals surface area contributed by atoms with Gasteiger partial charge in [0.05, 0.1) is 29.3 Å². The van der Waals surface area contributed by atoms with Crippen molar-refractivity contribution in [1.82, 2.24) is 19.4 Å². The van der Waals surface area contributed by atoms with Crippen LogP contribution in [0.4, 0.5) is 0 Å². The molecule has 0 spiro atoms. The number of allylic oxidation sites excluding steroid dienone is 1. The van der Waals surface area contributed by atoms with Crippen LogP contribution in [0.1, 0.15) is 48.8 Å². The van der Waals surface area contributed by atoms with E-state index in [-0.39, 0.29) is 12.4 Å². The van der Waals surface area contributed by atoms with Crippen LogP contribution in [-0.2, 0) is 19.5 Å². The van der Waals surface area contributed by atoms with Gasteiger partial charge in [0.25, 0.3) is 0 Å². The van der Waals surface area contributed by atoms with Gasteiger partial charge in [0.1, 0.15) is 5.82 Å². The predicted molar refractivity (Wildman–Crippen MR) is 122 cm³/mol. The third kappa shape index (κ3) is 4.54. The SMILES string of the molecule is Cl.[CH2]CCCN(Cc1nc2ccccc2n1CC=C)C1CCCc2cccnc21. The molecule has 1 aromatic carbocycles. The van der Waals surface area contributed by atoms with Gasteiger partial charge in [-0.3, -0.25) is 9.88 Å². The number of hydrogen-bond donors (Lipinski definition) is 0. The molecule has 1 aliphatic carbocycles. The number of halogens is 1. The molecule has 0 saturated heterocycles. The number of rotatable bonds is 8. The molecule has 1 unspecified atom stereocenters. The molecule has 1 aliphatic rings. The van der Waals surface area contributed by atoms with Crippen molar-refractivity contribution >= 4 is 23.4 Å². The zero-order chi connectivity index (χ0) is 19.3. The van der Waals surface area contributed by atoms with Gasteiger partial charge in [0.2, 0.25) is 0 Å². The third-order valence-electron chi connectivity index (χ3n) is 5.69. The summed E-state index contributed by atoms with van der Waals surface area (Å²) in [6, 6.07) is 13.0. The highest BCUT2D eigenvalue weighted by Crippen LogP contribution is 2.34. The lowest BCUT2D eigenvalue weighted by atomic mass is 9.90. The van der Waals surface area contributed by atoms with Crippen molar-refractivity contribution in [1.29, 1.82) is 0 Å². The van der Waals surface area contributed by atoms with Gasteiger partial charge in [0.15, 0.2) is 0 Å². The number of pyridine rings is 1. The Hall–Kier alpha value is -2.17. The van der Waals surface area contributed by atoms with Crippen LogP contribution in [0.5, 0.6) is 0 Å². The molecule has 3 aromatic rings. The lowest BCUT2D eigenvalue weighted by molar-refractivity contribution is 0.158. The highest BCUT2D eigenvalue weighted by molar-refractivity contribution is 5.85. The second-order valence-electron chi connectivity index (χ2n) is 7.55. The van der Waals surface area contributed by atoms with Crippen molar-refractivity contribution in [2.45, 2.75) is 51.2 Å². The Morgan fingerprint density at radius 1 is 1.21 bits per heavy atom. The van der Waals surface area contributed by atoms with E-state index < -0.39 is 0 Å². The van der Waals surface area contributed by atoms with E-state index in [1.165, 1.54) is 23.2 Å². The first-order valence-corrected chi connectivity index (χ1v) is 10.3. The van der Waals surface area contributed by atoms with Crippen LogP contribution in [0.15, 0.2) is 55.3 Å². The first-order chi connectivity index (χ1) is 13.8. The fourth-order valence-corrected chi connectivity index (χ4v) is 4.36. The summed E-state index contributed by atoms with van der Waals surface area (Å²) in [6.45, 7) is 10.6. The van der Waals surface area contributed by atoms with Crippen LogP contribution in [0.25, 0.3) is 11.0 Å². The highest BCUT2D eigenvalue weighted by Gasteiger charge is 2.28. The number of fused-ring (bicyclic) bond motifs is 2. The van der Waals surface area contributed by atoms with E-state index in [0.717, 1.165) is 56.7 Å². The second-order valence-corrected chi connectivity index (χ2v) is 7.55. The third-order valence-corrected chi connectivity index (χ3v) is 5.69. The summed E-state index contributed by atoms with van der Waals surface area (Å²) in [5, 5.41) is 0. The number of unbranched alkanes of at least 4 members (excludes halogenated alkanes) is 1. The smallest absolute Gasteiger partial charge is 0.124 e. The molecule has 2 heterocycles. The van der Waals surface area contributed by atoms with E-state index >= 15 is 0 Å². The molecule has 5 heteroatoms. The minimum atomic E-state index is 0. The van der Waals surface area contributed by atoms with Crippen molar-refractivity contribution in [3.8, 4) is 0 Å². The van der Waals surface area contributed by atoms with Crippen LogP contribution in [0.2, 0.25) is 0 Å². The van der Waals surface area contributed by atoms with Crippen LogP contribution < -0.4 is 0 Å². The minimum absolute atomic E-state index is 0. The molecule has 1 atom stereocenters. The molecule has 0 bridgehead atoms. The summed E-state index contributed by atoms with van der Waals surface area (Å²) >= 11 is 0. The molecule has 1 radical (unpaired) electrons. The number of aryl methyl sites for hydroxylation is 1. The zero-order valence-corrected chi connectivity index (χ0v) is 17.8. The topological polar surface area (TPSA) is 34.0 Å². The Balaban J connectivity index is 0.00000240. The molecular formula is C24H30ClN4. The summed E-state index contributed by atoms with van der Waals surface area (Å²) in [6.07, 6.45) is 9.43. The van der Waals surface area contributed by atoms with E-state index in [9.17, 15) is 0 Å². The molecule has 4 rings (SSSR count). The van der Waals surface area contributed by atoms with E-state index in [1.807, 2.05) is 12.3 Å². The maximum atomic E-state index is 4.97. The normalized spacial score (nSPS) is 15.9. The van der Waals surface area contributed by atoms with Crippen LogP contribution in [0, 0.1) is 6.92 Å². The van der Waals surface area contributed by atoms with Crippen molar-refractivity contribution in [2.75, 3.05) is 6.54 Å². The molecule has 0 amide bonds. The summed E-state index contributed by atoms with van der Waals surface area (Å²) in [5.41, 5.74) is 4.89. The first-order valence-electron chi connectivity index (χ1n) is 10.3. The predicted octanol–water partition coefficient (Wildman–Crippen LogP) is 5.53. The Labute approximate surface area is 180 Å². The fraction of sp³-hybridized carbons (Fsp3) is 0.375. The minimum Gasteiger partial charge on any atom is -0.323 e. The summed E-state index contributed by atoms with van der Waals surface area (Å²) in [5.74, 6) is 1.10. The van der Waals surface area contributed by atoms with Gasteiger partial charge in [-0.15, -0.1) is 19.0 Å². The average molecular weight is 410 g/mol. The van der Waals surface area contributed by atoms with Gasteiger partial charge >= 0.3 is 0 Å². The van der Waals surface area contributed by atoms with Crippen LogP contribution in [-0.4, -0.2) is 26.0 Å². The number of hydrogen-bond acceptors (Lipinski definition) is 3. The maximum absolute atomic E-state index is 4.97. The number of aromatic nitrogens is 3. The fourth-order valence-electron chi connectivity index (χ4n) is 4.36. The maximum Gasteiger partial charge on any atom is 0.124 e. The average Bonchev–Trinajstić information content (AvgIpc) is 3.08. The molecule has 0 N–H and O–H groups in total. The molecule has 0 aliphatic heterocycles. The zero-order valence-electron chi connectivity index (χ0n) is 17.0. The summed E-state index contributed by atoms with van der Waals surface area (Å²) in [4.78, 5) is 12.3. The van der Waals surface area contributed by atoms with Crippen LogP contribution in [0.3, 0.4) is 0 Å². The van der Waals surface area contributed by atoms with Crippen molar-refractivity contribution in [3.05, 3.63) is 79.3 Å². The summed E-state index contributed by atoms with van der Waals surface area (Å²) in [7, 11) is 0. The Kier molecular flexibility index (Phi) is 7.45. The Morgan fingerprint density at radius 3 is 2.90 bits per heavy atom. The van der Waals surface area contributed by atoms with Gasteiger partial charge in [-0.2, -0.15) is 0 Å². The molecule has 2 aromatic heterocycles. The van der Waals surface area contributed by atoms with Crippen molar-refractivity contribution in [3.63, 3.8) is 0 Å². The molecular weight excluding hydrogens is 380 g/mol. The van der Waals surface area contributed by atoms with Gasteiger partial charge in [0, 0.05) is 12.7 Å². The van der Waals surface area contributed by atoms with Gasteiger partial charge < -0.3 is 4.57 Å². The lowest BCUT2D eigenvalue weighted by Crippen LogP contribution is -2.33. The highest BCUT2D eigenvalue weighted by atomic mass is 35.5.